The Bertz CT molecular complexity index is 1330. The number of likely N-dealkylation sites (N-methyl/N-ethyl adjacent to an activating group) is 1. The van der Waals surface area contributed by atoms with Gasteiger partial charge in [0, 0.05) is 18.1 Å². The van der Waals surface area contributed by atoms with Crippen LogP contribution in [0.3, 0.4) is 0 Å². The zero-order chi connectivity index (χ0) is 27.7. The van der Waals surface area contributed by atoms with Crippen LogP contribution in [0.2, 0.25) is 5.02 Å². The van der Waals surface area contributed by atoms with E-state index in [1.807, 2.05) is 44.2 Å². The van der Waals surface area contributed by atoms with E-state index in [0.29, 0.717) is 35.7 Å². The summed E-state index contributed by atoms with van der Waals surface area (Å²) in [5.74, 6) is -0.745. The summed E-state index contributed by atoms with van der Waals surface area (Å²) in [6.45, 7) is 5.61. The van der Waals surface area contributed by atoms with Crippen LogP contribution in [0.4, 0.5) is 5.69 Å². The smallest absolute Gasteiger partial charge is 0.264 e. The van der Waals surface area contributed by atoms with E-state index in [4.69, 9.17) is 11.6 Å². The third-order valence-corrected chi connectivity index (χ3v) is 8.28. The molecule has 0 radical (unpaired) electrons. The second-order valence-corrected chi connectivity index (χ2v) is 11.2. The molecule has 202 valence electrons. The van der Waals surface area contributed by atoms with Crippen molar-refractivity contribution in [2.24, 2.45) is 0 Å². The molecule has 0 saturated heterocycles. The van der Waals surface area contributed by atoms with E-state index < -0.39 is 28.5 Å². The molecule has 0 bridgehead atoms. The van der Waals surface area contributed by atoms with E-state index in [2.05, 4.69) is 5.32 Å². The summed E-state index contributed by atoms with van der Waals surface area (Å²) in [6, 6.07) is 21.8. The number of halogens is 1. The number of carbonyl (C=O) groups is 2. The molecule has 3 rings (SSSR count). The minimum Gasteiger partial charge on any atom is -0.355 e. The summed E-state index contributed by atoms with van der Waals surface area (Å²) in [6.07, 6.45) is 0.901. The highest BCUT2D eigenvalue weighted by molar-refractivity contribution is 7.92. The van der Waals surface area contributed by atoms with E-state index in [1.165, 1.54) is 17.0 Å². The number of nitrogens with one attached hydrogen (secondary N) is 1. The van der Waals surface area contributed by atoms with E-state index in [1.54, 1.807) is 43.3 Å². The summed E-state index contributed by atoms with van der Waals surface area (Å²) in [4.78, 5) is 28.4. The standard InChI is InChI=1S/C29H34ClN3O4S/c1-4-26(29(35)31-5-2)32(19-18-23-12-8-6-9-13-23)28(34)21-33(27-20-24(30)17-16-22(27)3)38(36,37)25-14-10-7-11-15-25/h6-17,20,26H,4-5,18-19,21H2,1-3H3,(H,31,35). The number of aryl methyl sites for hydroxylation is 1. The van der Waals surface area contributed by atoms with Crippen LogP contribution < -0.4 is 9.62 Å². The molecule has 3 aromatic rings. The Hall–Kier alpha value is -3.36. The van der Waals surface area contributed by atoms with Gasteiger partial charge in [-0.2, -0.15) is 0 Å². The first-order valence-electron chi connectivity index (χ1n) is 12.6. The van der Waals surface area contributed by atoms with E-state index in [9.17, 15) is 18.0 Å². The summed E-state index contributed by atoms with van der Waals surface area (Å²) < 4.78 is 28.8. The fourth-order valence-electron chi connectivity index (χ4n) is 4.27. The van der Waals surface area contributed by atoms with Crippen molar-refractivity contribution in [3.63, 3.8) is 0 Å². The van der Waals surface area contributed by atoms with Gasteiger partial charge in [0.2, 0.25) is 11.8 Å². The van der Waals surface area contributed by atoms with Gasteiger partial charge in [0.25, 0.3) is 10.0 Å². The number of benzene rings is 3. The van der Waals surface area contributed by atoms with Gasteiger partial charge in [-0.25, -0.2) is 8.42 Å². The first-order valence-corrected chi connectivity index (χ1v) is 14.5. The highest BCUT2D eigenvalue weighted by Crippen LogP contribution is 2.30. The first kappa shape index (κ1) is 29.2. The molecular weight excluding hydrogens is 522 g/mol. The lowest BCUT2D eigenvalue weighted by Crippen LogP contribution is -2.53. The summed E-state index contributed by atoms with van der Waals surface area (Å²) in [5.41, 5.74) is 1.97. The normalized spacial score (nSPS) is 12.0. The Morgan fingerprint density at radius 2 is 1.58 bits per heavy atom. The Morgan fingerprint density at radius 1 is 0.947 bits per heavy atom. The van der Waals surface area contributed by atoms with Gasteiger partial charge in [0.1, 0.15) is 12.6 Å². The van der Waals surface area contributed by atoms with Gasteiger partial charge < -0.3 is 10.2 Å². The number of rotatable bonds is 12. The highest BCUT2D eigenvalue weighted by Gasteiger charge is 2.33. The van der Waals surface area contributed by atoms with Crippen LogP contribution in [0.1, 0.15) is 31.4 Å². The number of carbonyl (C=O) groups excluding carboxylic acids is 2. The number of sulfonamides is 1. The van der Waals surface area contributed by atoms with Gasteiger partial charge in [-0.05, 0) is 62.1 Å². The second kappa shape index (κ2) is 13.4. The van der Waals surface area contributed by atoms with E-state index in [0.717, 1.165) is 9.87 Å². The molecule has 1 N–H and O–H groups in total. The van der Waals surface area contributed by atoms with Crippen molar-refractivity contribution in [2.75, 3.05) is 23.9 Å². The number of hydrogen-bond donors (Lipinski definition) is 1. The summed E-state index contributed by atoms with van der Waals surface area (Å²) >= 11 is 6.25. The molecule has 1 atom stereocenters. The lowest BCUT2D eigenvalue weighted by Gasteiger charge is -2.33. The Labute approximate surface area is 230 Å². The van der Waals surface area contributed by atoms with Gasteiger partial charge >= 0.3 is 0 Å². The first-order chi connectivity index (χ1) is 18.2. The van der Waals surface area contributed by atoms with Crippen LogP contribution in [0.15, 0.2) is 83.8 Å². The molecule has 0 spiro atoms. The van der Waals surface area contributed by atoms with Gasteiger partial charge in [-0.3, -0.25) is 13.9 Å². The lowest BCUT2D eigenvalue weighted by molar-refractivity contribution is -0.139. The van der Waals surface area contributed by atoms with Gasteiger partial charge in [-0.1, -0.05) is 73.1 Å². The van der Waals surface area contributed by atoms with Crippen LogP contribution in [-0.4, -0.2) is 50.8 Å². The molecule has 38 heavy (non-hydrogen) atoms. The largest absolute Gasteiger partial charge is 0.355 e. The zero-order valence-corrected chi connectivity index (χ0v) is 23.5. The predicted octanol–water partition coefficient (Wildman–Crippen LogP) is 4.83. The number of amides is 2. The lowest BCUT2D eigenvalue weighted by atomic mass is 10.1. The minimum atomic E-state index is -4.13. The number of hydrogen-bond acceptors (Lipinski definition) is 4. The SMILES string of the molecule is CCNC(=O)C(CC)N(CCc1ccccc1)C(=O)CN(c1cc(Cl)ccc1C)S(=O)(=O)c1ccccc1. The molecule has 0 saturated carbocycles. The number of nitrogens with zero attached hydrogens (tertiary/aromatic N) is 2. The maximum absolute atomic E-state index is 13.9. The molecule has 7 nitrogen and oxygen atoms in total. The van der Waals surface area contributed by atoms with Crippen LogP contribution in [0, 0.1) is 6.92 Å². The van der Waals surface area contributed by atoms with Crippen molar-refractivity contribution in [1.29, 1.82) is 0 Å². The van der Waals surface area contributed by atoms with Crippen molar-refractivity contribution >= 4 is 39.1 Å². The maximum Gasteiger partial charge on any atom is 0.264 e. The van der Waals surface area contributed by atoms with Crippen LogP contribution in [0.25, 0.3) is 0 Å². The molecule has 9 heteroatoms. The molecule has 0 aliphatic carbocycles. The molecule has 3 aromatic carbocycles. The van der Waals surface area contributed by atoms with Crippen molar-refractivity contribution in [3.8, 4) is 0 Å². The minimum absolute atomic E-state index is 0.0544. The van der Waals surface area contributed by atoms with Crippen molar-refractivity contribution in [1.82, 2.24) is 10.2 Å². The monoisotopic (exact) mass is 555 g/mol. The third kappa shape index (κ3) is 7.14. The van der Waals surface area contributed by atoms with Crippen molar-refractivity contribution in [2.45, 2.75) is 44.6 Å². The van der Waals surface area contributed by atoms with Gasteiger partial charge in [0.05, 0.1) is 10.6 Å². The summed E-state index contributed by atoms with van der Waals surface area (Å²) in [5, 5.41) is 3.15. The third-order valence-electron chi connectivity index (χ3n) is 6.27. The molecule has 2 amide bonds. The Kier molecular flexibility index (Phi) is 10.3. The molecular formula is C29H34ClN3O4S. The Morgan fingerprint density at radius 3 is 2.18 bits per heavy atom. The van der Waals surface area contributed by atoms with E-state index >= 15 is 0 Å². The van der Waals surface area contributed by atoms with Crippen LogP contribution in [0.5, 0.6) is 0 Å². The Balaban J connectivity index is 2.03. The van der Waals surface area contributed by atoms with Crippen molar-refractivity contribution < 1.29 is 18.0 Å². The second-order valence-electron chi connectivity index (χ2n) is 8.90. The summed E-state index contributed by atoms with van der Waals surface area (Å²) in [7, 11) is -4.13. The van der Waals surface area contributed by atoms with Crippen LogP contribution >= 0.6 is 11.6 Å². The number of anilines is 1. The van der Waals surface area contributed by atoms with Crippen LogP contribution in [-0.2, 0) is 26.0 Å². The average Bonchev–Trinajstić information content (AvgIpc) is 2.92. The van der Waals surface area contributed by atoms with E-state index in [-0.39, 0.29) is 17.3 Å². The molecule has 1 unspecified atom stereocenters. The topological polar surface area (TPSA) is 86.8 Å². The molecule has 0 aliphatic rings. The fraction of sp³-hybridized carbons (Fsp3) is 0.310. The van der Waals surface area contributed by atoms with Gasteiger partial charge in [0.15, 0.2) is 0 Å². The predicted molar refractivity (Wildman–Crippen MR) is 152 cm³/mol. The molecule has 0 aromatic heterocycles. The fourth-order valence-corrected chi connectivity index (χ4v) is 5.93. The zero-order valence-electron chi connectivity index (χ0n) is 21.9. The van der Waals surface area contributed by atoms with Crippen molar-refractivity contribution in [3.05, 3.63) is 95.0 Å². The molecule has 0 fully saturated rings. The quantitative estimate of drug-likeness (QED) is 0.347. The highest BCUT2D eigenvalue weighted by atomic mass is 35.5. The molecule has 0 aliphatic heterocycles. The maximum atomic E-state index is 13.9. The molecule has 0 heterocycles. The van der Waals surface area contributed by atoms with Gasteiger partial charge in [-0.15, -0.1) is 0 Å². The average molecular weight is 556 g/mol.